The van der Waals surface area contributed by atoms with Crippen LogP contribution >= 0.6 is 0 Å². The summed E-state index contributed by atoms with van der Waals surface area (Å²) in [6.07, 6.45) is 4.35. The summed E-state index contributed by atoms with van der Waals surface area (Å²) in [6, 6.07) is 0. The van der Waals surface area contributed by atoms with Crippen LogP contribution < -0.4 is 0 Å². The topological polar surface area (TPSA) is 12.4 Å². The molecular weight excluding hydrogens is 122 g/mol. The van der Waals surface area contributed by atoms with Crippen molar-refractivity contribution in [2.45, 2.75) is 39.5 Å². The number of rotatable bonds is 5. The maximum Gasteiger partial charge on any atom is 0.0386 e. The van der Waals surface area contributed by atoms with E-state index in [0.29, 0.717) is 0 Å². The Balaban J connectivity index is 3.55. The Morgan fingerprint density at radius 1 is 1.30 bits per heavy atom. The Kier molecular flexibility index (Phi) is 6.56. The maximum atomic E-state index is 4.40. The molecule has 0 fully saturated rings. The van der Waals surface area contributed by atoms with Crippen LogP contribution in [0, 0.1) is 6.92 Å². The van der Waals surface area contributed by atoms with Crippen LogP contribution in [0.25, 0.3) is 0 Å². The van der Waals surface area contributed by atoms with Crippen LogP contribution in [0.3, 0.4) is 0 Å². The standard InChI is InChI=1S/C9H18N/c1-4-7-9(6-3)10-8-5-2/h3-8H2,1-2H3. The zero-order valence-corrected chi connectivity index (χ0v) is 7.19. The normalized spacial score (nSPS) is 12.1. The van der Waals surface area contributed by atoms with Crippen LogP contribution in [-0.4, -0.2) is 12.3 Å². The molecule has 0 aliphatic heterocycles. The van der Waals surface area contributed by atoms with E-state index in [-0.39, 0.29) is 0 Å². The van der Waals surface area contributed by atoms with E-state index < -0.39 is 0 Å². The van der Waals surface area contributed by atoms with Crippen molar-refractivity contribution in [1.29, 1.82) is 0 Å². The number of nitrogens with zero attached hydrogens (tertiary/aromatic N) is 1. The van der Waals surface area contributed by atoms with Gasteiger partial charge in [-0.1, -0.05) is 20.3 Å². The molecule has 0 heterocycles. The lowest BCUT2D eigenvalue weighted by Crippen LogP contribution is -1.96. The highest BCUT2D eigenvalue weighted by Crippen LogP contribution is 1.96. The molecule has 0 aromatic carbocycles. The molecule has 0 aromatic heterocycles. The fourth-order valence-electron chi connectivity index (χ4n) is 0.842. The molecule has 0 spiro atoms. The fraction of sp³-hybridized carbons (Fsp3) is 0.778. The van der Waals surface area contributed by atoms with Crippen LogP contribution in [0.2, 0.25) is 0 Å². The van der Waals surface area contributed by atoms with Gasteiger partial charge in [-0.05, 0) is 26.2 Å². The molecule has 10 heavy (non-hydrogen) atoms. The molecule has 0 aliphatic rings. The van der Waals surface area contributed by atoms with Gasteiger partial charge < -0.3 is 0 Å². The van der Waals surface area contributed by atoms with Crippen molar-refractivity contribution in [3.63, 3.8) is 0 Å². The molecule has 1 nitrogen and oxygen atoms in total. The summed E-state index contributed by atoms with van der Waals surface area (Å²) >= 11 is 0. The van der Waals surface area contributed by atoms with Gasteiger partial charge in [0.05, 0.1) is 0 Å². The second kappa shape index (κ2) is 6.79. The van der Waals surface area contributed by atoms with Gasteiger partial charge in [0.2, 0.25) is 0 Å². The minimum Gasteiger partial charge on any atom is -0.294 e. The highest BCUT2D eigenvalue weighted by atomic mass is 14.7. The largest absolute Gasteiger partial charge is 0.294 e. The SMILES string of the molecule is [CH2]CC(CCC)=NCCC. The van der Waals surface area contributed by atoms with Crippen LogP contribution in [0.4, 0.5) is 0 Å². The summed E-state index contributed by atoms with van der Waals surface area (Å²) in [5.41, 5.74) is 1.28. The van der Waals surface area contributed by atoms with Crippen molar-refractivity contribution in [2.75, 3.05) is 6.54 Å². The van der Waals surface area contributed by atoms with Gasteiger partial charge in [0.15, 0.2) is 0 Å². The Bertz CT molecular complexity index is 94.9. The predicted molar refractivity (Wildman–Crippen MR) is 47.5 cm³/mol. The molecule has 0 amide bonds. The third kappa shape index (κ3) is 4.54. The molecule has 59 valence electrons. The lowest BCUT2D eigenvalue weighted by molar-refractivity contribution is 0.901. The summed E-state index contributed by atoms with van der Waals surface area (Å²) < 4.78 is 0. The zero-order chi connectivity index (χ0) is 7.82. The van der Waals surface area contributed by atoms with Crippen LogP contribution in [0.15, 0.2) is 4.99 Å². The fourth-order valence-corrected chi connectivity index (χ4v) is 0.842. The molecule has 0 unspecified atom stereocenters. The van der Waals surface area contributed by atoms with E-state index in [9.17, 15) is 0 Å². The molecule has 0 saturated heterocycles. The molecule has 0 saturated carbocycles. The molecule has 0 atom stereocenters. The summed E-state index contributed by atoms with van der Waals surface area (Å²) in [4.78, 5) is 4.40. The smallest absolute Gasteiger partial charge is 0.0386 e. The van der Waals surface area contributed by atoms with Crippen molar-refractivity contribution in [3.8, 4) is 0 Å². The van der Waals surface area contributed by atoms with Crippen LogP contribution in [0.5, 0.6) is 0 Å². The maximum absolute atomic E-state index is 4.40. The van der Waals surface area contributed by atoms with Gasteiger partial charge in [-0.25, -0.2) is 0 Å². The van der Waals surface area contributed by atoms with Gasteiger partial charge in [-0.15, -0.1) is 0 Å². The third-order valence-corrected chi connectivity index (χ3v) is 1.39. The molecule has 0 bridgehead atoms. The van der Waals surface area contributed by atoms with Gasteiger partial charge >= 0.3 is 0 Å². The number of hydrogen-bond donors (Lipinski definition) is 0. The summed E-state index contributed by atoms with van der Waals surface area (Å²) in [7, 11) is 0. The molecule has 0 aliphatic carbocycles. The molecule has 1 heteroatoms. The van der Waals surface area contributed by atoms with E-state index in [2.05, 4.69) is 25.8 Å². The molecule has 1 radical (unpaired) electrons. The lowest BCUT2D eigenvalue weighted by Gasteiger charge is -1.99. The second-order valence-corrected chi connectivity index (χ2v) is 2.45. The summed E-state index contributed by atoms with van der Waals surface area (Å²) in [5, 5.41) is 0. The first-order valence-electron chi connectivity index (χ1n) is 4.16. The van der Waals surface area contributed by atoms with Crippen molar-refractivity contribution in [2.24, 2.45) is 4.99 Å². The Hall–Kier alpha value is -0.330. The highest BCUT2D eigenvalue weighted by Gasteiger charge is 1.91. The van der Waals surface area contributed by atoms with Crippen molar-refractivity contribution < 1.29 is 0 Å². The van der Waals surface area contributed by atoms with Crippen LogP contribution in [-0.2, 0) is 0 Å². The van der Waals surface area contributed by atoms with Crippen LogP contribution in [0.1, 0.15) is 39.5 Å². The van der Waals surface area contributed by atoms with E-state index in [4.69, 9.17) is 0 Å². The summed E-state index contributed by atoms with van der Waals surface area (Å²) in [6.45, 7) is 9.13. The molecule has 0 N–H and O–H groups in total. The predicted octanol–water partition coefficient (Wildman–Crippen LogP) is 2.86. The average Bonchev–Trinajstić information content (AvgIpc) is 1.98. The van der Waals surface area contributed by atoms with E-state index in [1.165, 1.54) is 12.1 Å². The molecule has 0 rings (SSSR count). The first kappa shape index (κ1) is 9.67. The van der Waals surface area contributed by atoms with Crippen molar-refractivity contribution >= 4 is 5.71 Å². The first-order valence-corrected chi connectivity index (χ1v) is 4.16. The van der Waals surface area contributed by atoms with Gasteiger partial charge in [0.1, 0.15) is 0 Å². The second-order valence-electron chi connectivity index (χ2n) is 2.45. The third-order valence-electron chi connectivity index (χ3n) is 1.39. The van der Waals surface area contributed by atoms with Gasteiger partial charge in [-0.3, -0.25) is 4.99 Å². The number of aliphatic imine (C=N–C) groups is 1. The lowest BCUT2D eigenvalue weighted by atomic mass is 10.2. The Morgan fingerprint density at radius 3 is 2.40 bits per heavy atom. The molecule has 0 aromatic rings. The van der Waals surface area contributed by atoms with E-state index >= 15 is 0 Å². The minimum absolute atomic E-state index is 0.883. The Labute approximate surface area is 64.6 Å². The van der Waals surface area contributed by atoms with E-state index in [1.807, 2.05) is 0 Å². The van der Waals surface area contributed by atoms with Crippen molar-refractivity contribution in [1.82, 2.24) is 0 Å². The van der Waals surface area contributed by atoms with E-state index in [0.717, 1.165) is 25.8 Å². The summed E-state index contributed by atoms with van der Waals surface area (Å²) in [5.74, 6) is 0. The highest BCUT2D eigenvalue weighted by molar-refractivity contribution is 5.84. The van der Waals surface area contributed by atoms with Gasteiger partial charge in [-0.2, -0.15) is 0 Å². The first-order chi connectivity index (χ1) is 4.85. The average molecular weight is 140 g/mol. The minimum atomic E-state index is 0.883. The quantitative estimate of drug-likeness (QED) is 0.521. The van der Waals surface area contributed by atoms with Crippen molar-refractivity contribution in [3.05, 3.63) is 6.92 Å². The van der Waals surface area contributed by atoms with Gasteiger partial charge in [0.25, 0.3) is 0 Å². The number of hydrogen-bond acceptors (Lipinski definition) is 1. The zero-order valence-electron chi connectivity index (χ0n) is 7.19. The van der Waals surface area contributed by atoms with E-state index in [1.54, 1.807) is 0 Å². The molecular formula is C9H18N. The Morgan fingerprint density at radius 2 is 2.00 bits per heavy atom. The monoisotopic (exact) mass is 140 g/mol. The van der Waals surface area contributed by atoms with Gasteiger partial charge in [0, 0.05) is 12.3 Å².